The fourth-order valence-electron chi connectivity index (χ4n) is 1.43. The van der Waals surface area contributed by atoms with Crippen molar-refractivity contribution < 1.29 is 9.84 Å². The topological polar surface area (TPSA) is 32.8 Å². The summed E-state index contributed by atoms with van der Waals surface area (Å²) in [5, 5.41) is 8.51. The van der Waals surface area contributed by atoms with Crippen LogP contribution in [0, 0.1) is 0 Å². The van der Waals surface area contributed by atoms with Crippen molar-refractivity contribution in [1.82, 2.24) is 0 Å². The van der Waals surface area contributed by atoms with Crippen LogP contribution in [0.3, 0.4) is 0 Å². The first-order valence-electron chi connectivity index (χ1n) is 4.64. The summed E-state index contributed by atoms with van der Waals surface area (Å²) in [4.78, 5) is 0. The van der Waals surface area contributed by atoms with E-state index in [0.717, 1.165) is 19.3 Å². The minimum absolute atomic E-state index is 0.336. The minimum Gasteiger partial charge on any atom is -0.396 e. The number of hydrogen-bond donors (Lipinski definition) is 1. The van der Waals surface area contributed by atoms with Gasteiger partial charge in [-0.15, -0.1) is 0 Å². The average molecular weight is 158 g/mol. The number of ether oxygens (including phenoxy) is 1. The maximum atomic E-state index is 8.51. The molecule has 1 aliphatic rings. The van der Waals surface area contributed by atoms with E-state index >= 15 is 0 Å². The molecule has 1 N–H and O–H groups in total. The summed E-state index contributed by atoms with van der Waals surface area (Å²) in [6.45, 7) is 2.50. The lowest BCUT2D eigenvalue weighted by Gasteiger charge is -1.94. The first-order chi connectivity index (χ1) is 5.38. The third-order valence-corrected chi connectivity index (χ3v) is 2.24. The summed E-state index contributed by atoms with van der Waals surface area (Å²) in [6.07, 6.45) is 6.77. The van der Waals surface area contributed by atoms with Crippen LogP contribution >= 0.6 is 0 Å². The second-order valence-electron chi connectivity index (χ2n) is 3.19. The van der Waals surface area contributed by atoms with Crippen molar-refractivity contribution in [2.75, 3.05) is 6.61 Å². The minimum atomic E-state index is 0.336. The zero-order chi connectivity index (χ0) is 8.10. The molecule has 2 atom stereocenters. The first-order valence-corrected chi connectivity index (χ1v) is 4.64. The van der Waals surface area contributed by atoms with Gasteiger partial charge in [-0.2, -0.15) is 0 Å². The molecule has 2 nitrogen and oxygen atoms in total. The number of hydrogen-bond acceptors (Lipinski definition) is 2. The van der Waals surface area contributed by atoms with Crippen LogP contribution in [0.25, 0.3) is 0 Å². The van der Waals surface area contributed by atoms with E-state index in [2.05, 4.69) is 6.92 Å². The van der Waals surface area contributed by atoms with Crippen molar-refractivity contribution in [3.63, 3.8) is 0 Å². The zero-order valence-corrected chi connectivity index (χ0v) is 7.25. The zero-order valence-electron chi connectivity index (χ0n) is 7.25. The molecule has 0 aromatic heterocycles. The lowest BCUT2D eigenvalue weighted by molar-refractivity contribution is 0.280. The summed E-state index contributed by atoms with van der Waals surface area (Å²) in [6, 6.07) is 0. The molecule has 0 aliphatic carbocycles. The highest BCUT2D eigenvalue weighted by Gasteiger charge is 2.35. The van der Waals surface area contributed by atoms with Crippen molar-refractivity contribution in [3.8, 4) is 0 Å². The molecule has 0 aromatic carbocycles. The normalized spacial score (nSPS) is 28.9. The van der Waals surface area contributed by atoms with Crippen LogP contribution in [0.2, 0.25) is 0 Å². The predicted molar refractivity (Wildman–Crippen MR) is 44.5 cm³/mol. The highest BCUT2D eigenvalue weighted by atomic mass is 16.6. The summed E-state index contributed by atoms with van der Waals surface area (Å²) in [5.41, 5.74) is 0. The molecule has 66 valence electrons. The maximum Gasteiger partial charge on any atom is 0.0841 e. The summed E-state index contributed by atoms with van der Waals surface area (Å²) in [7, 11) is 0. The van der Waals surface area contributed by atoms with Gasteiger partial charge in [-0.1, -0.05) is 19.8 Å². The van der Waals surface area contributed by atoms with E-state index in [1.54, 1.807) is 0 Å². The number of aliphatic hydroxyl groups excluding tert-OH is 1. The van der Waals surface area contributed by atoms with Crippen molar-refractivity contribution in [1.29, 1.82) is 0 Å². The molecule has 1 aliphatic heterocycles. The van der Waals surface area contributed by atoms with Crippen LogP contribution in [0.5, 0.6) is 0 Å². The summed E-state index contributed by atoms with van der Waals surface area (Å²) < 4.78 is 5.38. The Morgan fingerprint density at radius 1 is 1.18 bits per heavy atom. The van der Waals surface area contributed by atoms with E-state index < -0.39 is 0 Å². The van der Waals surface area contributed by atoms with Crippen LogP contribution in [-0.4, -0.2) is 23.9 Å². The molecule has 0 radical (unpaired) electrons. The monoisotopic (exact) mass is 158 g/mol. The second-order valence-corrected chi connectivity index (χ2v) is 3.19. The Hall–Kier alpha value is -0.0800. The Kier molecular flexibility index (Phi) is 3.87. The molecule has 2 heteroatoms. The Balaban J connectivity index is 1.82. The molecule has 1 rings (SSSR count). The number of epoxide rings is 1. The van der Waals surface area contributed by atoms with E-state index in [1.807, 2.05) is 0 Å². The summed E-state index contributed by atoms with van der Waals surface area (Å²) in [5.74, 6) is 0. The van der Waals surface area contributed by atoms with Crippen LogP contribution in [-0.2, 0) is 4.74 Å². The third-order valence-electron chi connectivity index (χ3n) is 2.24. The molecule has 11 heavy (non-hydrogen) atoms. The molecule has 1 saturated heterocycles. The Labute approximate surface area is 68.6 Å². The van der Waals surface area contributed by atoms with Gasteiger partial charge in [0, 0.05) is 6.61 Å². The second kappa shape index (κ2) is 4.73. The largest absolute Gasteiger partial charge is 0.396 e. The highest BCUT2D eigenvalue weighted by molar-refractivity contribution is 4.82. The van der Waals surface area contributed by atoms with E-state index in [9.17, 15) is 0 Å². The smallest absolute Gasteiger partial charge is 0.0841 e. The Morgan fingerprint density at radius 3 is 2.55 bits per heavy atom. The van der Waals surface area contributed by atoms with Gasteiger partial charge < -0.3 is 9.84 Å². The van der Waals surface area contributed by atoms with Gasteiger partial charge in [-0.25, -0.2) is 0 Å². The van der Waals surface area contributed by atoms with Gasteiger partial charge in [-0.3, -0.25) is 0 Å². The average Bonchev–Trinajstić information content (AvgIpc) is 2.77. The van der Waals surface area contributed by atoms with E-state index in [4.69, 9.17) is 9.84 Å². The van der Waals surface area contributed by atoms with Crippen LogP contribution in [0.4, 0.5) is 0 Å². The molecule has 0 aromatic rings. The molecule has 2 unspecified atom stereocenters. The van der Waals surface area contributed by atoms with E-state index in [-0.39, 0.29) is 0 Å². The first kappa shape index (κ1) is 9.01. The molecular formula is C9H18O2. The molecular weight excluding hydrogens is 140 g/mol. The van der Waals surface area contributed by atoms with Gasteiger partial charge in [0.05, 0.1) is 12.2 Å². The molecule has 0 bridgehead atoms. The molecule has 1 fully saturated rings. The van der Waals surface area contributed by atoms with Crippen LogP contribution < -0.4 is 0 Å². The van der Waals surface area contributed by atoms with Crippen LogP contribution in [0.1, 0.15) is 39.0 Å². The highest BCUT2D eigenvalue weighted by Crippen LogP contribution is 2.29. The molecule has 0 spiro atoms. The van der Waals surface area contributed by atoms with Crippen molar-refractivity contribution in [2.24, 2.45) is 0 Å². The van der Waals surface area contributed by atoms with E-state index in [1.165, 1.54) is 12.8 Å². The maximum absolute atomic E-state index is 8.51. The van der Waals surface area contributed by atoms with Crippen molar-refractivity contribution in [2.45, 2.75) is 51.2 Å². The summed E-state index contributed by atoms with van der Waals surface area (Å²) >= 11 is 0. The molecule has 0 amide bonds. The lowest BCUT2D eigenvalue weighted by Crippen LogP contribution is -1.92. The number of rotatable bonds is 6. The van der Waals surface area contributed by atoms with Gasteiger partial charge in [-0.05, 0) is 19.3 Å². The molecule has 0 saturated carbocycles. The van der Waals surface area contributed by atoms with Gasteiger partial charge in [0.1, 0.15) is 0 Å². The van der Waals surface area contributed by atoms with Crippen molar-refractivity contribution in [3.05, 3.63) is 0 Å². The van der Waals surface area contributed by atoms with Gasteiger partial charge in [0.2, 0.25) is 0 Å². The third kappa shape index (κ3) is 3.21. The van der Waals surface area contributed by atoms with E-state index in [0.29, 0.717) is 18.8 Å². The molecule has 1 heterocycles. The fraction of sp³-hybridized carbons (Fsp3) is 1.00. The van der Waals surface area contributed by atoms with Gasteiger partial charge in [0.25, 0.3) is 0 Å². The standard InChI is InChI=1S/C9H18O2/c1-2-8-9(11-8)6-4-3-5-7-10/h8-10H,2-7H2,1H3. The number of aliphatic hydroxyl groups is 1. The quantitative estimate of drug-likeness (QED) is 0.471. The number of unbranched alkanes of at least 4 members (excludes halogenated alkanes) is 2. The predicted octanol–water partition coefficient (Wildman–Crippen LogP) is 1.72. The Morgan fingerprint density at radius 2 is 2.00 bits per heavy atom. The lowest BCUT2D eigenvalue weighted by atomic mass is 10.1. The fourth-order valence-corrected chi connectivity index (χ4v) is 1.43. The van der Waals surface area contributed by atoms with Gasteiger partial charge >= 0.3 is 0 Å². The van der Waals surface area contributed by atoms with Crippen molar-refractivity contribution >= 4 is 0 Å². The Bertz CT molecular complexity index is 104. The van der Waals surface area contributed by atoms with Crippen LogP contribution in [0.15, 0.2) is 0 Å². The SMILES string of the molecule is CCC1OC1CCCCCO. The van der Waals surface area contributed by atoms with Gasteiger partial charge in [0.15, 0.2) is 0 Å².